The highest BCUT2D eigenvalue weighted by Crippen LogP contribution is 2.24. The number of rotatable bonds is 8. The van der Waals surface area contributed by atoms with Crippen molar-refractivity contribution in [1.29, 1.82) is 0 Å². The second kappa shape index (κ2) is 9.22. The summed E-state index contributed by atoms with van der Waals surface area (Å²) in [4.78, 5) is 22.6. The third-order valence-corrected chi connectivity index (χ3v) is 4.43. The van der Waals surface area contributed by atoms with Gasteiger partial charge in [-0.1, -0.05) is 35.5 Å². The molecular weight excluding hydrogens is 338 g/mol. The van der Waals surface area contributed by atoms with Gasteiger partial charge in [0, 0.05) is 32.1 Å². The lowest BCUT2D eigenvalue weighted by molar-refractivity contribution is -0.120. The molecule has 8 heteroatoms. The van der Waals surface area contributed by atoms with Crippen LogP contribution in [-0.4, -0.2) is 45.4 Å². The predicted octanol–water partition coefficient (Wildman–Crippen LogP) is 1.62. The fourth-order valence-electron chi connectivity index (χ4n) is 2.30. The van der Waals surface area contributed by atoms with Crippen LogP contribution in [0.25, 0.3) is 11.4 Å². The lowest BCUT2D eigenvalue weighted by Gasteiger charge is -2.08. The Morgan fingerprint density at radius 3 is 2.64 bits per heavy atom. The van der Waals surface area contributed by atoms with Crippen molar-refractivity contribution in [2.75, 3.05) is 18.8 Å². The molecule has 2 amide bonds. The average molecular weight is 361 g/mol. The first kappa shape index (κ1) is 19.0. The summed E-state index contributed by atoms with van der Waals surface area (Å²) in [5, 5.41) is 14.6. The quantitative estimate of drug-likeness (QED) is 0.551. The molecule has 134 valence electrons. The minimum absolute atomic E-state index is 0.0990. The van der Waals surface area contributed by atoms with E-state index < -0.39 is 0 Å². The van der Waals surface area contributed by atoms with Gasteiger partial charge in [-0.25, -0.2) is 0 Å². The molecule has 0 aliphatic rings. The molecule has 0 spiro atoms. The molecule has 2 N–H and O–H groups in total. The first-order chi connectivity index (χ1) is 12.0. The minimum Gasteiger partial charge on any atom is -0.355 e. The molecule has 1 aromatic carbocycles. The molecule has 0 bridgehead atoms. The van der Waals surface area contributed by atoms with Crippen molar-refractivity contribution >= 4 is 23.6 Å². The van der Waals surface area contributed by atoms with E-state index in [1.807, 2.05) is 36.6 Å². The second-order valence-corrected chi connectivity index (χ2v) is 6.48. The van der Waals surface area contributed by atoms with Gasteiger partial charge in [-0.3, -0.25) is 9.59 Å². The van der Waals surface area contributed by atoms with Crippen molar-refractivity contribution < 1.29 is 9.59 Å². The monoisotopic (exact) mass is 361 g/mol. The summed E-state index contributed by atoms with van der Waals surface area (Å²) in [6, 6.07) is 8.11. The molecule has 7 nitrogen and oxygen atoms in total. The molecule has 2 rings (SSSR count). The summed E-state index contributed by atoms with van der Waals surface area (Å²) < 4.78 is 2.00. The van der Waals surface area contributed by atoms with Crippen molar-refractivity contribution in [1.82, 2.24) is 25.4 Å². The number of hydrogen-bond donors (Lipinski definition) is 2. The van der Waals surface area contributed by atoms with Gasteiger partial charge in [-0.15, -0.1) is 10.2 Å². The van der Waals surface area contributed by atoms with E-state index in [9.17, 15) is 9.59 Å². The van der Waals surface area contributed by atoms with Crippen LogP contribution in [0.3, 0.4) is 0 Å². The first-order valence-electron chi connectivity index (χ1n) is 8.15. The maximum atomic E-state index is 11.9. The Kier molecular flexibility index (Phi) is 7.00. The number of hydrogen-bond acceptors (Lipinski definition) is 5. The van der Waals surface area contributed by atoms with Gasteiger partial charge in [0.05, 0.1) is 5.75 Å². The molecule has 1 heterocycles. The van der Waals surface area contributed by atoms with Gasteiger partial charge >= 0.3 is 0 Å². The largest absolute Gasteiger partial charge is 0.355 e. The SMILES string of the molecule is CCn1c(SCC(=O)NCCNC(C)=O)nnc1-c1cccc(C)c1. The molecule has 0 atom stereocenters. The van der Waals surface area contributed by atoms with Crippen molar-refractivity contribution in [3.05, 3.63) is 29.8 Å². The van der Waals surface area contributed by atoms with Gasteiger partial charge in [0.2, 0.25) is 11.8 Å². The Hall–Kier alpha value is -2.35. The van der Waals surface area contributed by atoms with Crippen LogP contribution in [0.2, 0.25) is 0 Å². The fraction of sp³-hybridized carbons (Fsp3) is 0.412. The lowest BCUT2D eigenvalue weighted by atomic mass is 10.1. The van der Waals surface area contributed by atoms with Crippen molar-refractivity contribution in [3.8, 4) is 11.4 Å². The Bertz CT molecular complexity index is 744. The number of nitrogens with zero attached hydrogens (tertiary/aromatic N) is 3. The summed E-state index contributed by atoms with van der Waals surface area (Å²) in [7, 11) is 0. The fourth-order valence-corrected chi connectivity index (χ4v) is 3.13. The van der Waals surface area contributed by atoms with Gasteiger partial charge in [0.25, 0.3) is 0 Å². The smallest absolute Gasteiger partial charge is 0.230 e. The first-order valence-corrected chi connectivity index (χ1v) is 9.14. The zero-order valence-electron chi connectivity index (χ0n) is 14.7. The van der Waals surface area contributed by atoms with Crippen LogP contribution >= 0.6 is 11.8 Å². The highest BCUT2D eigenvalue weighted by atomic mass is 32.2. The summed E-state index contributed by atoms with van der Waals surface area (Å²) in [6.45, 7) is 7.07. The van der Waals surface area contributed by atoms with E-state index in [0.29, 0.717) is 13.1 Å². The predicted molar refractivity (Wildman–Crippen MR) is 98.3 cm³/mol. The Balaban J connectivity index is 1.94. The van der Waals surface area contributed by atoms with Gasteiger partial charge in [0.1, 0.15) is 0 Å². The molecule has 2 aromatic rings. The average Bonchev–Trinajstić information content (AvgIpc) is 2.99. The highest BCUT2D eigenvalue weighted by molar-refractivity contribution is 7.99. The van der Waals surface area contributed by atoms with E-state index in [0.717, 1.165) is 28.7 Å². The third-order valence-electron chi connectivity index (χ3n) is 3.46. The van der Waals surface area contributed by atoms with E-state index in [-0.39, 0.29) is 17.6 Å². The molecule has 25 heavy (non-hydrogen) atoms. The molecule has 0 saturated carbocycles. The van der Waals surface area contributed by atoms with Crippen LogP contribution < -0.4 is 10.6 Å². The molecule has 0 unspecified atom stereocenters. The Labute approximate surface area is 151 Å². The standard InChI is InChI=1S/C17H23N5O2S/c1-4-22-16(14-7-5-6-12(2)10-14)20-21-17(22)25-11-15(24)19-9-8-18-13(3)23/h5-7,10H,4,8-9,11H2,1-3H3,(H,18,23)(H,19,24). The van der Waals surface area contributed by atoms with Crippen LogP contribution in [0.4, 0.5) is 0 Å². The van der Waals surface area contributed by atoms with E-state index in [1.165, 1.54) is 18.7 Å². The van der Waals surface area contributed by atoms with Crippen LogP contribution in [-0.2, 0) is 16.1 Å². The normalized spacial score (nSPS) is 10.5. The van der Waals surface area contributed by atoms with Crippen LogP contribution in [0.5, 0.6) is 0 Å². The summed E-state index contributed by atoms with van der Waals surface area (Å²) in [5.41, 5.74) is 2.18. The topological polar surface area (TPSA) is 88.9 Å². The Morgan fingerprint density at radius 2 is 1.96 bits per heavy atom. The maximum absolute atomic E-state index is 11.9. The van der Waals surface area contributed by atoms with E-state index in [1.54, 1.807) is 0 Å². The van der Waals surface area contributed by atoms with Crippen molar-refractivity contribution in [2.24, 2.45) is 0 Å². The number of nitrogens with one attached hydrogen (secondary N) is 2. The van der Waals surface area contributed by atoms with Crippen molar-refractivity contribution in [3.63, 3.8) is 0 Å². The number of amides is 2. The number of benzene rings is 1. The van der Waals surface area contributed by atoms with E-state index in [4.69, 9.17) is 0 Å². The molecule has 0 saturated heterocycles. The molecule has 0 aliphatic heterocycles. The number of carbonyl (C=O) groups excluding carboxylic acids is 2. The highest BCUT2D eigenvalue weighted by Gasteiger charge is 2.14. The molecule has 1 aromatic heterocycles. The molecular formula is C17H23N5O2S. The molecule has 0 fully saturated rings. The second-order valence-electron chi connectivity index (χ2n) is 5.54. The summed E-state index contributed by atoms with van der Waals surface area (Å²) >= 11 is 1.35. The van der Waals surface area contributed by atoms with Crippen LogP contribution in [0, 0.1) is 6.92 Å². The van der Waals surface area contributed by atoms with Gasteiger partial charge in [-0.2, -0.15) is 0 Å². The van der Waals surface area contributed by atoms with Crippen LogP contribution in [0.1, 0.15) is 19.4 Å². The number of thioether (sulfide) groups is 1. The summed E-state index contributed by atoms with van der Waals surface area (Å²) in [5.74, 6) is 0.854. The van der Waals surface area contributed by atoms with Crippen molar-refractivity contribution in [2.45, 2.75) is 32.5 Å². The molecule has 0 aliphatic carbocycles. The molecule has 0 radical (unpaired) electrons. The number of aryl methyl sites for hydroxylation is 1. The zero-order valence-corrected chi connectivity index (χ0v) is 15.5. The summed E-state index contributed by atoms with van der Waals surface area (Å²) in [6.07, 6.45) is 0. The maximum Gasteiger partial charge on any atom is 0.230 e. The van der Waals surface area contributed by atoms with Crippen LogP contribution in [0.15, 0.2) is 29.4 Å². The minimum atomic E-state index is -0.108. The van der Waals surface area contributed by atoms with Gasteiger partial charge < -0.3 is 15.2 Å². The third kappa shape index (κ3) is 5.60. The van der Waals surface area contributed by atoms with Gasteiger partial charge in [0.15, 0.2) is 11.0 Å². The zero-order chi connectivity index (χ0) is 18.2. The Morgan fingerprint density at radius 1 is 1.20 bits per heavy atom. The lowest BCUT2D eigenvalue weighted by Crippen LogP contribution is -2.34. The van der Waals surface area contributed by atoms with E-state index in [2.05, 4.69) is 26.9 Å². The van der Waals surface area contributed by atoms with E-state index >= 15 is 0 Å². The van der Waals surface area contributed by atoms with Gasteiger partial charge in [-0.05, 0) is 19.9 Å². The number of carbonyl (C=O) groups is 2. The number of aromatic nitrogens is 3.